The molecule has 0 amide bonds. The number of ether oxygens (including phenoxy) is 1. The summed E-state index contributed by atoms with van der Waals surface area (Å²) in [4.78, 5) is 46.7. The van der Waals surface area contributed by atoms with Crippen LogP contribution < -0.4 is 0 Å². The highest BCUT2D eigenvalue weighted by Crippen LogP contribution is 2.36. The second-order valence-corrected chi connectivity index (χ2v) is 7.04. The molecular formula is C19H23NO6. The molecule has 1 aromatic carbocycles. The molecule has 7 heteroatoms. The maximum absolute atomic E-state index is 12.3. The molecule has 1 fully saturated rings. The first-order valence-electron chi connectivity index (χ1n) is 8.59. The fourth-order valence-corrected chi connectivity index (χ4v) is 3.50. The highest BCUT2D eigenvalue weighted by atomic mass is 16.6. The Bertz CT molecular complexity index is 742. The fourth-order valence-electron chi connectivity index (χ4n) is 3.50. The van der Waals surface area contributed by atoms with Crippen molar-refractivity contribution in [1.82, 2.24) is 0 Å². The zero-order valence-corrected chi connectivity index (χ0v) is 15.2. The van der Waals surface area contributed by atoms with Gasteiger partial charge in [0.15, 0.2) is 6.61 Å². The Morgan fingerprint density at radius 3 is 2.65 bits per heavy atom. The number of ketones is 2. The third-order valence-electron chi connectivity index (χ3n) is 4.99. The molecule has 0 spiro atoms. The van der Waals surface area contributed by atoms with E-state index in [-0.39, 0.29) is 36.9 Å². The summed E-state index contributed by atoms with van der Waals surface area (Å²) in [5, 5.41) is 10.8. The number of carbonyl (C=O) groups is 3. The molecule has 1 aliphatic carbocycles. The molecule has 7 nitrogen and oxygen atoms in total. The van der Waals surface area contributed by atoms with Gasteiger partial charge in [-0.3, -0.25) is 24.5 Å². The molecule has 0 radical (unpaired) electrons. The monoisotopic (exact) mass is 361 g/mol. The summed E-state index contributed by atoms with van der Waals surface area (Å²) >= 11 is 0. The van der Waals surface area contributed by atoms with E-state index in [1.807, 2.05) is 19.1 Å². The average Bonchev–Trinajstić information content (AvgIpc) is 2.81. The van der Waals surface area contributed by atoms with Gasteiger partial charge in [0.1, 0.15) is 5.78 Å². The van der Waals surface area contributed by atoms with E-state index in [1.54, 1.807) is 19.9 Å². The summed E-state index contributed by atoms with van der Waals surface area (Å²) in [6, 6.07) is 5.45. The molecule has 3 atom stereocenters. The number of carbonyl (C=O) groups excluding carboxylic acids is 3. The van der Waals surface area contributed by atoms with Gasteiger partial charge in [0.05, 0.1) is 6.42 Å². The van der Waals surface area contributed by atoms with Gasteiger partial charge >= 0.3 is 5.97 Å². The highest BCUT2D eigenvalue weighted by molar-refractivity contribution is 5.99. The first kappa shape index (κ1) is 19.8. The predicted octanol–water partition coefficient (Wildman–Crippen LogP) is 2.54. The lowest BCUT2D eigenvalue weighted by atomic mass is 9.88. The molecule has 1 aliphatic rings. The number of Topliss-reactive ketones (excluding diaryl/α,β-unsaturated/α-hetero) is 2. The number of rotatable bonds is 7. The number of hydrogen-bond acceptors (Lipinski definition) is 6. The third kappa shape index (κ3) is 4.74. The highest BCUT2D eigenvalue weighted by Gasteiger charge is 2.44. The van der Waals surface area contributed by atoms with Gasteiger partial charge in [-0.05, 0) is 31.4 Å². The van der Waals surface area contributed by atoms with Crippen LogP contribution in [-0.2, 0) is 14.3 Å². The van der Waals surface area contributed by atoms with Crippen LogP contribution in [0.1, 0.15) is 41.3 Å². The van der Waals surface area contributed by atoms with Crippen molar-refractivity contribution >= 4 is 17.5 Å². The number of esters is 1. The van der Waals surface area contributed by atoms with E-state index >= 15 is 0 Å². The maximum atomic E-state index is 12.3. The molecule has 0 aromatic heterocycles. The van der Waals surface area contributed by atoms with Crippen LogP contribution in [0.3, 0.4) is 0 Å². The van der Waals surface area contributed by atoms with Crippen molar-refractivity contribution in [2.24, 2.45) is 17.8 Å². The second-order valence-electron chi connectivity index (χ2n) is 7.04. The number of hydrogen-bond donors (Lipinski definition) is 0. The Morgan fingerprint density at radius 1 is 1.31 bits per heavy atom. The van der Waals surface area contributed by atoms with Crippen LogP contribution in [0.4, 0.5) is 0 Å². The standard InChI is InChI=1S/C19H23NO6/c1-11-4-5-12(2)14(6-11)18(22)10-26-19(23)8-15-16(9-20(24)25)13(3)7-17(15)21/h4-6,13,15-16H,7-10H2,1-3H3/t13-,15+,16-/m1/s1. The summed E-state index contributed by atoms with van der Waals surface area (Å²) in [5.74, 6) is -2.46. The fraction of sp³-hybridized carbons (Fsp3) is 0.526. The molecule has 0 unspecified atom stereocenters. The minimum absolute atomic E-state index is 0.137. The van der Waals surface area contributed by atoms with Crippen molar-refractivity contribution in [3.63, 3.8) is 0 Å². The Labute approximate surface area is 151 Å². The summed E-state index contributed by atoms with van der Waals surface area (Å²) in [6.07, 6.45) is 0.0135. The van der Waals surface area contributed by atoms with Crippen molar-refractivity contribution in [2.45, 2.75) is 33.6 Å². The van der Waals surface area contributed by atoms with E-state index < -0.39 is 29.3 Å². The van der Waals surface area contributed by atoms with Crippen molar-refractivity contribution < 1.29 is 24.0 Å². The summed E-state index contributed by atoms with van der Waals surface area (Å²) in [7, 11) is 0. The maximum Gasteiger partial charge on any atom is 0.306 e. The van der Waals surface area contributed by atoms with Crippen LogP contribution in [0.25, 0.3) is 0 Å². The van der Waals surface area contributed by atoms with Crippen molar-refractivity contribution in [3.8, 4) is 0 Å². The largest absolute Gasteiger partial charge is 0.457 e. The first-order valence-corrected chi connectivity index (χ1v) is 8.59. The van der Waals surface area contributed by atoms with Gasteiger partial charge in [0.25, 0.3) is 0 Å². The predicted molar refractivity (Wildman–Crippen MR) is 93.5 cm³/mol. The molecule has 0 heterocycles. The molecular weight excluding hydrogens is 338 g/mol. The van der Waals surface area contributed by atoms with Crippen LogP contribution in [-0.4, -0.2) is 35.6 Å². The zero-order chi connectivity index (χ0) is 19.4. The van der Waals surface area contributed by atoms with Gasteiger partial charge in [-0.15, -0.1) is 0 Å². The normalized spacial score (nSPS) is 22.3. The number of aryl methyl sites for hydroxylation is 2. The van der Waals surface area contributed by atoms with E-state index in [4.69, 9.17) is 4.74 Å². The molecule has 2 rings (SSSR count). The molecule has 0 saturated heterocycles. The summed E-state index contributed by atoms with van der Waals surface area (Å²) < 4.78 is 5.04. The lowest BCUT2D eigenvalue weighted by Gasteiger charge is -2.17. The van der Waals surface area contributed by atoms with Crippen molar-refractivity contribution in [1.29, 1.82) is 0 Å². The van der Waals surface area contributed by atoms with Crippen LogP contribution in [0, 0.1) is 41.7 Å². The first-order chi connectivity index (χ1) is 12.2. The SMILES string of the molecule is Cc1ccc(C)c(C(=O)COC(=O)C[C@@H]2C(=O)C[C@@H](C)[C@H]2C[N+](=O)[O-])c1. The van der Waals surface area contributed by atoms with E-state index in [1.165, 1.54) is 0 Å². The smallest absolute Gasteiger partial charge is 0.306 e. The van der Waals surface area contributed by atoms with Crippen LogP contribution in [0.5, 0.6) is 0 Å². The zero-order valence-electron chi connectivity index (χ0n) is 15.2. The van der Waals surface area contributed by atoms with E-state index in [9.17, 15) is 24.5 Å². The van der Waals surface area contributed by atoms with Gasteiger partial charge < -0.3 is 4.74 Å². The Morgan fingerprint density at radius 2 is 2.00 bits per heavy atom. The van der Waals surface area contributed by atoms with Crippen molar-refractivity contribution in [2.75, 3.05) is 13.2 Å². The summed E-state index contributed by atoms with van der Waals surface area (Å²) in [5.41, 5.74) is 2.22. The van der Waals surface area contributed by atoms with Crippen molar-refractivity contribution in [3.05, 3.63) is 45.0 Å². The van der Waals surface area contributed by atoms with Crippen LogP contribution in [0.15, 0.2) is 18.2 Å². The second kappa shape index (κ2) is 8.21. The third-order valence-corrected chi connectivity index (χ3v) is 4.99. The van der Waals surface area contributed by atoms with Gasteiger partial charge in [0.2, 0.25) is 12.3 Å². The van der Waals surface area contributed by atoms with Gasteiger partial charge in [-0.25, -0.2) is 0 Å². The lowest BCUT2D eigenvalue weighted by molar-refractivity contribution is -0.490. The van der Waals surface area contributed by atoms with Crippen LogP contribution >= 0.6 is 0 Å². The Kier molecular flexibility index (Phi) is 6.23. The van der Waals surface area contributed by atoms with Gasteiger partial charge in [-0.2, -0.15) is 0 Å². The van der Waals surface area contributed by atoms with E-state index in [0.717, 1.165) is 11.1 Å². The molecule has 26 heavy (non-hydrogen) atoms. The van der Waals surface area contributed by atoms with Crippen LogP contribution in [0.2, 0.25) is 0 Å². The minimum atomic E-state index is -0.710. The topological polar surface area (TPSA) is 104 Å². The molecule has 140 valence electrons. The molecule has 1 aromatic rings. The Balaban J connectivity index is 1.95. The number of benzene rings is 1. The van der Waals surface area contributed by atoms with E-state index in [0.29, 0.717) is 5.56 Å². The summed E-state index contributed by atoms with van der Waals surface area (Å²) in [6.45, 7) is 4.70. The lowest BCUT2D eigenvalue weighted by Crippen LogP contribution is -2.28. The molecule has 0 bridgehead atoms. The van der Waals surface area contributed by atoms with Gasteiger partial charge in [-0.1, -0.05) is 24.6 Å². The average molecular weight is 361 g/mol. The minimum Gasteiger partial charge on any atom is -0.457 e. The molecule has 0 N–H and O–H groups in total. The number of nitro groups is 1. The molecule has 0 aliphatic heterocycles. The Hall–Kier alpha value is -2.57. The van der Waals surface area contributed by atoms with Gasteiger partial charge in [0, 0.05) is 28.7 Å². The quantitative estimate of drug-likeness (QED) is 0.320. The molecule has 1 saturated carbocycles. The van der Waals surface area contributed by atoms with E-state index in [2.05, 4.69) is 0 Å². The number of nitrogens with zero attached hydrogens (tertiary/aromatic N) is 1.